The Morgan fingerprint density at radius 1 is 0.862 bits per heavy atom. The molecule has 3 rings (SSSR count). The van der Waals surface area contributed by atoms with Crippen molar-refractivity contribution >= 4 is 0 Å². The molecule has 0 radical (unpaired) electrons. The van der Waals surface area contributed by atoms with Crippen LogP contribution in [0.25, 0.3) is 0 Å². The van der Waals surface area contributed by atoms with Crippen molar-refractivity contribution < 1.29 is 0 Å². The predicted molar refractivity (Wildman–Crippen MR) is 127 cm³/mol. The third-order valence-corrected chi connectivity index (χ3v) is 8.32. The van der Waals surface area contributed by atoms with Crippen LogP contribution in [0.2, 0.25) is 0 Å². The van der Waals surface area contributed by atoms with Crippen molar-refractivity contribution in [1.82, 2.24) is 10.6 Å². The predicted octanol–water partition coefficient (Wildman–Crippen LogP) is 7.25. The molecule has 0 amide bonds. The summed E-state index contributed by atoms with van der Waals surface area (Å²) >= 11 is 0. The topological polar surface area (TPSA) is 24.1 Å². The number of nitrogens with one attached hydrogen (secondary N) is 2. The van der Waals surface area contributed by atoms with Crippen molar-refractivity contribution in [2.45, 2.75) is 116 Å². The van der Waals surface area contributed by atoms with Gasteiger partial charge in [-0.3, -0.25) is 0 Å². The van der Waals surface area contributed by atoms with Crippen molar-refractivity contribution in [3.8, 4) is 0 Å². The lowest BCUT2D eigenvalue weighted by atomic mass is 9.61. The molecular formula is C27H46N2. The van der Waals surface area contributed by atoms with Gasteiger partial charge in [0.2, 0.25) is 0 Å². The maximum absolute atomic E-state index is 4.35. The van der Waals surface area contributed by atoms with Gasteiger partial charge in [0.05, 0.1) is 5.82 Å². The fourth-order valence-electron chi connectivity index (χ4n) is 6.11. The Hall–Kier alpha value is -1.18. The van der Waals surface area contributed by atoms with Gasteiger partial charge in [-0.2, -0.15) is 0 Å². The second kappa shape index (κ2) is 10.2. The van der Waals surface area contributed by atoms with E-state index >= 15 is 0 Å². The Balaban J connectivity index is 1.78. The minimum atomic E-state index is 0.205. The Bertz CT molecular complexity index is 570. The van der Waals surface area contributed by atoms with Gasteiger partial charge in [-0.05, 0) is 81.6 Å². The summed E-state index contributed by atoms with van der Waals surface area (Å²) in [5.74, 6) is 2.57. The van der Waals surface area contributed by atoms with Crippen LogP contribution in [0.4, 0.5) is 0 Å². The summed E-state index contributed by atoms with van der Waals surface area (Å²) in [5.41, 5.74) is 3.10. The highest BCUT2D eigenvalue weighted by Crippen LogP contribution is 2.49. The quantitative estimate of drug-likeness (QED) is 0.441. The van der Waals surface area contributed by atoms with E-state index in [0.717, 1.165) is 0 Å². The van der Waals surface area contributed by atoms with Crippen LogP contribution >= 0.6 is 0 Å². The van der Waals surface area contributed by atoms with E-state index in [0.29, 0.717) is 23.9 Å². The molecule has 0 bridgehead atoms. The van der Waals surface area contributed by atoms with Crippen LogP contribution < -0.4 is 10.6 Å². The fourth-order valence-corrected chi connectivity index (χ4v) is 6.11. The molecule has 2 N–H and O–H groups in total. The van der Waals surface area contributed by atoms with Gasteiger partial charge in [-0.25, -0.2) is 0 Å². The summed E-state index contributed by atoms with van der Waals surface area (Å²) < 4.78 is 0. The molecule has 3 aliphatic carbocycles. The molecule has 164 valence electrons. The lowest BCUT2D eigenvalue weighted by molar-refractivity contribution is 0.168. The molecule has 0 saturated heterocycles. The average molecular weight is 399 g/mol. The van der Waals surface area contributed by atoms with Crippen LogP contribution in [-0.2, 0) is 0 Å². The number of rotatable bonds is 7. The maximum Gasteiger partial charge on any atom is 0.0982 e. The second-order valence-corrected chi connectivity index (χ2v) is 10.6. The van der Waals surface area contributed by atoms with E-state index in [-0.39, 0.29) is 5.41 Å². The van der Waals surface area contributed by atoms with Crippen molar-refractivity contribution in [2.75, 3.05) is 0 Å². The van der Waals surface area contributed by atoms with Crippen molar-refractivity contribution in [2.24, 2.45) is 17.3 Å². The van der Waals surface area contributed by atoms with Crippen LogP contribution in [-0.4, -0.2) is 12.1 Å². The van der Waals surface area contributed by atoms with Gasteiger partial charge >= 0.3 is 0 Å². The summed E-state index contributed by atoms with van der Waals surface area (Å²) in [6, 6.07) is 1.31. The van der Waals surface area contributed by atoms with Gasteiger partial charge in [0.15, 0.2) is 0 Å². The lowest BCUT2D eigenvalue weighted by Crippen LogP contribution is -2.43. The minimum Gasteiger partial charge on any atom is -0.369 e. The zero-order valence-electron chi connectivity index (χ0n) is 19.5. The highest BCUT2D eigenvalue weighted by atomic mass is 15.1. The van der Waals surface area contributed by atoms with Crippen molar-refractivity contribution in [1.29, 1.82) is 0 Å². The SMILES string of the molecule is C=C[C@]1(C)CC[C@H](C(C)=C(NC2CCCCC2)NC2CCCCC2)C[C@@H]1C(=C)C. The Morgan fingerprint density at radius 3 is 1.83 bits per heavy atom. The highest BCUT2D eigenvalue weighted by molar-refractivity contribution is 5.20. The molecule has 0 aromatic carbocycles. The third-order valence-electron chi connectivity index (χ3n) is 8.32. The Morgan fingerprint density at radius 2 is 1.38 bits per heavy atom. The Kier molecular flexibility index (Phi) is 7.93. The number of hydrogen-bond acceptors (Lipinski definition) is 2. The Labute approximate surface area is 180 Å². The van der Waals surface area contributed by atoms with Crippen molar-refractivity contribution in [3.63, 3.8) is 0 Å². The molecular weight excluding hydrogens is 352 g/mol. The molecule has 0 aromatic rings. The normalized spacial score (nSPS) is 31.7. The smallest absolute Gasteiger partial charge is 0.0982 e. The molecule has 29 heavy (non-hydrogen) atoms. The van der Waals surface area contributed by atoms with Gasteiger partial charge < -0.3 is 10.6 Å². The van der Waals surface area contributed by atoms with Crippen LogP contribution in [0, 0.1) is 17.3 Å². The zero-order valence-corrected chi connectivity index (χ0v) is 19.5. The largest absolute Gasteiger partial charge is 0.369 e. The van der Waals surface area contributed by atoms with Crippen LogP contribution in [0.15, 0.2) is 36.2 Å². The summed E-state index contributed by atoms with van der Waals surface area (Å²) in [5, 5.41) is 8.01. The molecule has 0 aliphatic heterocycles. The van der Waals surface area contributed by atoms with Gasteiger partial charge in [0.1, 0.15) is 0 Å². The first-order chi connectivity index (χ1) is 13.9. The van der Waals surface area contributed by atoms with Gasteiger partial charge in [0, 0.05) is 12.1 Å². The summed E-state index contributed by atoms with van der Waals surface area (Å²) in [4.78, 5) is 0. The van der Waals surface area contributed by atoms with E-state index in [1.807, 2.05) is 0 Å². The van der Waals surface area contributed by atoms with Gasteiger partial charge in [0.25, 0.3) is 0 Å². The first-order valence-corrected chi connectivity index (χ1v) is 12.5. The second-order valence-electron chi connectivity index (χ2n) is 10.6. The molecule has 0 unspecified atom stereocenters. The molecule has 3 atom stereocenters. The standard InChI is InChI=1S/C27H46N2/c1-6-27(5)18-17-22(19-25(27)20(2)3)21(4)26(28-23-13-9-7-10-14-23)29-24-15-11-8-12-16-24/h6,22-25,28-29H,1-2,7-19H2,3-5H3/t22-,25+,27+/m0/s1. The van der Waals surface area contributed by atoms with E-state index in [1.165, 1.54) is 94.9 Å². The lowest BCUT2D eigenvalue weighted by Gasteiger charge is -2.44. The third kappa shape index (κ3) is 5.70. The highest BCUT2D eigenvalue weighted by Gasteiger charge is 2.39. The first kappa shape index (κ1) is 22.5. The summed E-state index contributed by atoms with van der Waals surface area (Å²) in [7, 11) is 0. The number of allylic oxidation sites excluding steroid dienone is 3. The van der Waals surface area contributed by atoms with E-state index in [2.05, 4.69) is 50.6 Å². The minimum absolute atomic E-state index is 0.205. The van der Waals surface area contributed by atoms with E-state index in [4.69, 9.17) is 0 Å². The van der Waals surface area contributed by atoms with Crippen LogP contribution in [0.5, 0.6) is 0 Å². The zero-order chi connectivity index (χ0) is 20.9. The van der Waals surface area contributed by atoms with E-state index in [9.17, 15) is 0 Å². The molecule has 0 heterocycles. The van der Waals surface area contributed by atoms with E-state index in [1.54, 1.807) is 5.57 Å². The molecule has 0 spiro atoms. The average Bonchev–Trinajstić information content (AvgIpc) is 2.74. The molecule has 3 aliphatic rings. The fraction of sp³-hybridized carbons (Fsp3) is 0.778. The molecule has 2 nitrogen and oxygen atoms in total. The summed E-state index contributed by atoms with van der Waals surface area (Å²) in [6.45, 7) is 15.5. The molecule has 0 aromatic heterocycles. The van der Waals surface area contributed by atoms with E-state index < -0.39 is 0 Å². The maximum atomic E-state index is 4.35. The first-order valence-electron chi connectivity index (χ1n) is 12.5. The monoisotopic (exact) mass is 398 g/mol. The molecule has 3 saturated carbocycles. The van der Waals surface area contributed by atoms with Crippen LogP contribution in [0.1, 0.15) is 104 Å². The van der Waals surface area contributed by atoms with Gasteiger partial charge in [-0.1, -0.05) is 63.7 Å². The summed E-state index contributed by atoms with van der Waals surface area (Å²) in [6.07, 6.45) is 19.6. The van der Waals surface area contributed by atoms with Crippen LogP contribution in [0.3, 0.4) is 0 Å². The number of hydrogen-bond donors (Lipinski definition) is 2. The van der Waals surface area contributed by atoms with Gasteiger partial charge in [-0.15, -0.1) is 6.58 Å². The van der Waals surface area contributed by atoms with Crippen molar-refractivity contribution in [3.05, 3.63) is 36.2 Å². The molecule has 3 fully saturated rings. The molecule has 2 heteroatoms.